The van der Waals surface area contributed by atoms with E-state index in [-0.39, 0.29) is 11.5 Å². The number of pyridine rings is 2. The number of anilines is 1. The van der Waals surface area contributed by atoms with Gasteiger partial charge in [0.1, 0.15) is 11.6 Å². The van der Waals surface area contributed by atoms with Gasteiger partial charge in [-0.25, -0.2) is 9.97 Å². The summed E-state index contributed by atoms with van der Waals surface area (Å²) in [7, 11) is 0. The van der Waals surface area contributed by atoms with Crippen LogP contribution in [-0.2, 0) is 13.0 Å². The van der Waals surface area contributed by atoms with Crippen molar-refractivity contribution in [2.75, 3.05) is 11.5 Å². The number of aromatic nitrogens is 4. The van der Waals surface area contributed by atoms with Crippen LogP contribution in [0.1, 0.15) is 28.4 Å². The van der Waals surface area contributed by atoms with E-state index in [4.69, 9.17) is 9.72 Å². The lowest BCUT2D eigenvalue weighted by Crippen LogP contribution is -2.24. The molecule has 7 nitrogen and oxygen atoms in total. The van der Waals surface area contributed by atoms with E-state index in [2.05, 4.69) is 32.0 Å². The van der Waals surface area contributed by atoms with Crippen molar-refractivity contribution in [2.24, 2.45) is 0 Å². The van der Waals surface area contributed by atoms with Crippen molar-refractivity contribution in [1.82, 2.24) is 19.9 Å². The third-order valence-corrected chi connectivity index (χ3v) is 6.83. The minimum atomic E-state index is -0.149. The monoisotopic (exact) mass is 447 g/mol. The number of hydrogen-bond acceptors (Lipinski definition) is 5. The molecule has 0 aliphatic carbocycles. The summed E-state index contributed by atoms with van der Waals surface area (Å²) in [6.07, 6.45) is 6.18. The summed E-state index contributed by atoms with van der Waals surface area (Å²) in [4.78, 5) is 31.3. The number of nitrogens with one attached hydrogen (secondary N) is 2. The number of hydrogen-bond donors (Lipinski definition) is 2. The highest BCUT2D eigenvalue weighted by Crippen LogP contribution is 2.41. The average molecular weight is 447 g/mol. The highest BCUT2D eigenvalue weighted by Gasteiger charge is 2.36. The zero-order chi connectivity index (χ0) is 22.6. The van der Waals surface area contributed by atoms with E-state index in [1.165, 1.54) is 5.56 Å². The first-order valence-electron chi connectivity index (χ1n) is 11.4. The zero-order valence-corrected chi connectivity index (χ0v) is 18.3. The molecule has 0 radical (unpaired) electrons. The van der Waals surface area contributed by atoms with Gasteiger partial charge in [0.15, 0.2) is 5.43 Å². The normalized spacial score (nSPS) is 16.5. The fourth-order valence-electron chi connectivity index (χ4n) is 5.17. The fraction of sp³-hybridized carbons (Fsp3) is 0.148. The molecule has 2 N–H and O–H groups in total. The summed E-state index contributed by atoms with van der Waals surface area (Å²) in [6.45, 7) is 1.20. The second-order valence-corrected chi connectivity index (χ2v) is 8.76. The fourth-order valence-corrected chi connectivity index (χ4v) is 5.17. The smallest absolute Gasteiger partial charge is 0.194 e. The van der Waals surface area contributed by atoms with Crippen LogP contribution in [-0.4, -0.2) is 26.5 Å². The molecule has 0 amide bonds. The molecular weight excluding hydrogens is 426 g/mol. The summed E-state index contributed by atoms with van der Waals surface area (Å²) in [5, 5.41) is 0.715. The number of para-hydroxylation sites is 1. The van der Waals surface area contributed by atoms with E-state index in [0.717, 1.165) is 51.6 Å². The molecule has 166 valence electrons. The van der Waals surface area contributed by atoms with Gasteiger partial charge in [0.25, 0.3) is 0 Å². The van der Waals surface area contributed by atoms with E-state index in [0.29, 0.717) is 18.5 Å². The number of ether oxygens (including phenoxy) is 1. The van der Waals surface area contributed by atoms with Crippen molar-refractivity contribution < 1.29 is 4.74 Å². The van der Waals surface area contributed by atoms with Crippen molar-refractivity contribution in [3.8, 4) is 17.0 Å². The van der Waals surface area contributed by atoms with Crippen LogP contribution in [0.15, 0.2) is 78.1 Å². The molecule has 1 unspecified atom stereocenters. The predicted molar refractivity (Wildman–Crippen MR) is 130 cm³/mol. The molecule has 0 spiro atoms. The Labute approximate surface area is 195 Å². The van der Waals surface area contributed by atoms with E-state index in [1.807, 2.05) is 48.7 Å². The van der Waals surface area contributed by atoms with Crippen molar-refractivity contribution in [3.63, 3.8) is 0 Å². The molecule has 7 heteroatoms. The molecule has 2 aliphatic heterocycles. The minimum Gasteiger partial charge on any atom is -0.493 e. The molecule has 2 aliphatic rings. The standard InChI is InChI=1S/C27H21N5O2/c33-27-19-3-1-2-4-21(19)31-25-20(27)14-32(24-8-6-18(12-29-24)22-13-28-15-30-22)26(25)17-5-7-23-16(11-17)9-10-34-23/h1-8,11-13,15,26H,9-10,14H2,(H,28,30)(H,31,33). The van der Waals surface area contributed by atoms with Gasteiger partial charge >= 0.3 is 0 Å². The van der Waals surface area contributed by atoms with E-state index in [9.17, 15) is 4.79 Å². The third-order valence-electron chi connectivity index (χ3n) is 6.83. The molecule has 0 saturated carbocycles. The van der Waals surface area contributed by atoms with Gasteiger partial charge in [-0.15, -0.1) is 0 Å². The lowest BCUT2D eigenvalue weighted by molar-refractivity contribution is 0.357. The van der Waals surface area contributed by atoms with Crippen LogP contribution < -0.4 is 15.1 Å². The Morgan fingerprint density at radius 1 is 1.06 bits per heavy atom. The Bertz CT molecular complexity index is 1590. The number of H-pyrrole nitrogens is 2. The topological polar surface area (TPSA) is 86.9 Å². The highest BCUT2D eigenvalue weighted by molar-refractivity contribution is 5.80. The molecule has 1 atom stereocenters. The number of fused-ring (bicyclic) bond motifs is 3. The van der Waals surface area contributed by atoms with Crippen LogP contribution in [0.2, 0.25) is 0 Å². The largest absolute Gasteiger partial charge is 0.493 e. The minimum absolute atomic E-state index is 0.0791. The van der Waals surface area contributed by atoms with Gasteiger partial charge in [-0.1, -0.05) is 18.2 Å². The second-order valence-electron chi connectivity index (χ2n) is 8.76. The van der Waals surface area contributed by atoms with Crippen molar-refractivity contribution in [2.45, 2.75) is 19.0 Å². The average Bonchev–Trinajstić information content (AvgIpc) is 3.63. The van der Waals surface area contributed by atoms with Gasteiger partial charge < -0.3 is 19.6 Å². The van der Waals surface area contributed by atoms with Crippen LogP contribution in [0.25, 0.3) is 22.2 Å². The molecule has 5 aromatic rings. The first kappa shape index (κ1) is 19.1. The molecule has 3 aromatic heterocycles. The summed E-state index contributed by atoms with van der Waals surface area (Å²) in [5.74, 6) is 1.76. The Morgan fingerprint density at radius 2 is 2.00 bits per heavy atom. The van der Waals surface area contributed by atoms with Crippen molar-refractivity contribution >= 4 is 16.7 Å². The second kappa shape index (κ2) is 7.31. The van der Waals surface area contributed by atoms with Crippen LogP contribution in [0, 0.1) is 0 Å². The Balaban J connectivity index is 1.39. The lowest BCUT2D eigenvalue weighted by atomic mass is 9.98. The highest BCUT2D eigenvalue weighted by atomic mass is 16.5. The van der Waals surface area contributed by atoms with E-state index < -0.39 is 0 Å². The third kappa shape index (κ3) is 2.86. The van der Waals surface area contributed by atoms with E-state index >= 15 is 0 Å². The van der Waals surface area contributed by atoms with Crippen LogP contribution in [0.4, 0.5) is 5.82 Å². The van der Waals surface area contributed by atoms with Gasteiger partial charge in [-0.3, -0.25) is 4.79 Å². The predicted octanol–water partition coefficient (Wildman–Crippen LogP) is 4.36. The Hall–Kier alpha value is -4.39. The number of nitrogens with zero attached hydrogens (tertiary/aromatic N) is 3. The van der Waals surface area contributed by atoms with Crippen molar-refractivity contribution in [3.05, 3.63) is 106 Å². The number of imidazole rings is 1. The van der Waals surface area contributed by atoms with Gasteiger partial charge in [-0.05, 0) is 47.5 Å². The summed E-state index contributed by atoms with van der Waals surface area (Å²) >= 11 is 0. The first-order valence-corrected chi connectivity index (χ1v) is 11.4. The molecule has 2 aromatic carbocycles. The molecule has 0 fully saturated rings. The number of rotatable bonds is 3. The van der Waals surface area contributed by atoms with Gasteiger partial charge in [0.05, 0.1) is 43.1 Å². The summed E-state index contributed by atoms with van der Waals surface area (Å²) in [5.41, 5.74) is 6.86. The van der Waals surface area contributed by atoms with Crippen LogP contribution >= 0.6 is 0 Å². The summed E-state index contributed by atoms with van der Waals surface area (Å²) < 4.78 is 5.73. The lowest BCUT2D eigenvalue weighted by Gasteiger charge is -2.27. The molecule has 5 heterocycles. The maximum Gasteiger partial charge on any atom is 0.194 e. The molecule has 0 bridgehead atoms. The zero-order valence-electron chi connectivity index (χ0n) is 18.3. The van der Waals surface area contributed by atoms with Gasteiger partial charge in [-0.2, -0.15) is 0 Å². The summed E-state index contributed by atoms with van der Waals surface area (Å²) in [6, 6.07) is 18.0. The van der Waals surface area contributed by atoms with E-state index in [1.54, 1.807) is 12.5 Å². The molecular formula is C27H21N5O2. The van der Waals surface area contributed by atoms with Gasteiger partial charge in [0.2, 0.25) is 0 Å². The van der Waals surface area contributed by atoms with Gasteiger partial charge in [0, 0.05) is 34.6 Å². The molecule has 34 heavy (non-hydrogen) atoms. The molecule has 7 rings (SSSR count). The maximum absolute atomic E-state index is 13.5. The van der Waals surface area contributed by atoms with Crippen molar-refractivity contribution in [1.29, 1.82) is 0 Å². The number of benzene rings is 2. The van der Waals surface area contributed by atoms with Crippen LogP contribution in [0.3, 0.4) is 0 Å². The van der Waals surface area contributed by atoms with Crippen LogP contribution in [0.5, 0.6) is 5.75 Å². The SMILES string of the molecule is O=c1c2c([nH]c3ccccc13)C(c1ccc3c(c1)CCO3)N(c1ccc(-c3cnc[nH]3)cn1)C2. The molecule has 0 saturated heterocycles. The first-order chi connectivity index (χ1) is 16.8. The maximum atomic E-state index is 13.5. The Kier molecular flexibility index (Phi) is 4.11. The number of aromatic amines is 2. The Morgan fingerprint density at radius 3 is 2.85 bits per heavy atom. The quantitative estimate of drug-likeness (QED) is 0.429.